The number of hydrogen-bond acceptors (Lipinski definition) is 4. The Balaban J connectivity index is 3.04. The van der Waals surface area contributed by atoms with Crippen LogP contribution in [0.1, 0.15) is 18.2 Å². The van der Waals surface area contributed by atoms with Crippen molar-refractivity contribution in [2.24, 2.45) is 4.99 Å². The molecule has 0 unspecified atom stereocenters. The lowest BCUT2D eigenvalue weighted by Gasteiger charge is -2.10. The highest BCUT2D eigenvalue weighted by atomic mass is 16.1. The van der Waals surface area contributed by atoms with Gasteiger partial charge in [-0.25, -0.2) is 4.79 Å². The molecule has 15 heavy (non-hydrogen) atoms. The van der Waals surface area contributed by atoms with Gasteiger partial charge in [0.05, 0.1) is 11.4 Å². The molecule has 1 heterocycles. The van der Waals surface area contributed by atoms with Gasteiger partial charge in [0.2, 0.25) is 6.08 Å². The number of hydrogen-bond donors (Lipinski definition) is 0. The van der Waals surface area contributed by atoms with Crippen molar-refractivity contribution >= 4 is 11.8 Å². The lowest BCUT2D eigenvalue weighted by Crippen LogP contribution is -2.11. The van der Waals surface area contributed by atoms with Crippen molar-refractivity contribution in [3.8, 4) is 0 Å². The van der Waals surface area contributed by atoms with E-state index in [2.05, 4.69) is 9.98 Å². The summed E-state index contributed by atoms with van der Waals surface area (Å²) in [5.74, 6) is 0. The van der Waals surface area contributed by atoms with Crippen molar-refractivity contribution in [1.29, 1.82) is 0 Å². The minimum Gasteiger partial charge on any atom is -0.305 e. The van der Waals surface area contributed by atoms with Crippen LogP contribution < -0.4 is 0 Å². The molecule has 0 amide bonds. The van der Waals surface area contributed by atoms with Crippen LogP contribution in [-0.4, -0.2) is 30.1 Å². The summed E-state index contributed by atoms with van der Waals surface area (Å²) in [6, 6.07) is 1.89. The monoisotopic (exact) mass is 205 g/mol. The van der Waals surface area contributed by atoms with Crippen LogP contribution in [0.15, 0.2) is 17.3 Å². The standard InChI is InChI=1S/C11H15N3O/c1-4-10-11(13-8-15)5-9(6-12-10)7-14(2)3/h5-6H,4,7H2,1-3H3. The third kappa shape index (κ3) is 3.27. The van der Waals surface area contributed by atoms with Crippen molar-refractivity contribution in [3.63, 3.8) is 0 Å². The molecule has 0 saturated heterocycles. The molecular weight excluding hydrogens is 190 g/mol. The fraction of sp³-hybridized carbons (Fsp3) is 0.455. The highest BCUT2D eigenvalue weighted by Gasteiger charge is 2.03. The van der Waals surface area contributed by atoms with E-state index in [0.29, 0.717) is 5.69 Å². The first-order chi connectivity index (χ1) is 7.17. The van der Waals surface area contributed by atoms with Crippen LogP contribution in [0.2, 0.25) is 0 Å². The van der Waals surface area contributed by atoms with Crippen LogP contribution in [0.4, 0.5) is 5.69 Å². The first kappa shape index (κ1) is 11.6. The van der Waals surface area contributed by atoms with E-state index < -0.39 is 0 Å². The molecule has 0 spiro atoms. The van der Waals surface area contributed by atoms with E-state index >= 15 is 0 Å². The number of isocyanates is 1. The summed E-state index contributed by atoms with van der Waals surface area (Å²) in [6.45, 7) is 2.77. The Morgan fingerprint density at radius 1 is 1.53 bits per heavy atom. The lowest BCUT2D eigenvalue weighted by atomic mass is 10.2. The quantitative estimate of drug-likeness (QED) is 0.555. The fourth-order valence-electron chi connectivity index (χ4n) is 1.39. The van der Waals surface area contributed by atoms with E-state index in [0.717, 1.165) is 24.2 Å². The minimum absolute atomic E-state index is 0.631. The third-order valence-corrected chi connectivity index (χ3v) is 2.00. The Hall–Kier alpha value is -1.51. The van der Waals surface area contributed by atoms with Gasteiger partial charge < -0.3 is 4.90 Å². The van der Waals surface area contributed by atoms with Gasteiger partial charge in [-0.05, 0) is 32.1 Å². The molecule has 0 aliphatic carbocycles. The lowest BCUT2D eigenvalue weighted by molar-refractivity contribution is 0.402. The van der Waals surface area contributed by atoms with Gasteiger partial charge in [-0.3, -0.25) is 4.98 Å². The molecule has 1 aromatic heterocycles. The highest BCUT2D eigenvalue weighted by Crippen LogP contribution is 2.19. The second-order valence-electron chi connectivity index (χ2n) is 3.60. The molecule has 1 rings (SSSR count). The maximum absolute atomic E-state index is 10.2. The normalized spacial score (nSPS) is 10.1. The molecule has 0 aliphatic rings. The summed E-state index contributed by atoms with van der Waals surface area (Å²) in [7, 11) is 3.97. The molecular formula is C11H15N3O. The van der Waals surface area contributed by atoms with Gasteiger partial charge in [0.25, 0.3) is 0 Å². The molecule has 1 aromatic rings. The van der Waals surface area contributed by atoms with Crippen LogP contribution in [0.25, 0.3) is 0 Å². The summed E-state index contributed by atoms with van der Waals surface area (Å²) >= 11 is 0. The van der Waals surface area contributed by atoms with Crippen LogP contribution in [0.5, 0.6) is 0 Å². The van der Waals surface area contributed by atoms with E-state index in [1.54, 1.807) is 6.08 Å². The molecule has 4 heteroatoms. The maximum atomic E-state index is 10.2. The summed E-state index contributed by atoms with van der Waals surface area (Å²) in [5.41, 5.74) is 2.51. The zero-order valence-corrected chi connectivity index (χ0v) is 9.32. The molecule has 80 valence electrons. The molecule has 4 nitrogen and oxygen atoms in total. The van der Waals surface area contributed by atoms with Crippen LogP contribution in [0.3, 0.4) is 0 Å². The van der Waals surface area contributed by atoms with Gasteiger partial charge >= 0.3 is 0 Å². The largest absolute Gasteiger partial charge is 0.305 e. The van der Waals surface area contributed by atoms with Crippen molar-refractivity contribution in [3.05, 3.63) is 23.5 Å². The number of pyridine rings is 1. The number of aromatic nitrogens is 1. The summed E-state index contributed by atoms with van der Waals surface area (Å²) in [5, 5.41) is 0. The Labute approximate surface area is 89.7 Å². The van der Waals surface area contributed by atoms with Gasteiger partial charge in [-0.1, -0.05) is 6.92 Å². The van der Waals surface area contributed by atoms with E-state index in [4.69, 9.17) is 0 Å². The first-order valence-electron chi connectivity index (χ1n) is 4.87. The van der Waals surface area contributed by atoms with Gasteiger partial charge in [0, 0.05) is 12.7 Å². The summed E-state index contributed by atoms with van der Waals surface area (Å²) in [6.07, 6.45) is 4.15. The topological polar surface area (TPSA) is 45.6 Å². The minimum atomic E-state index is 0.631. The number of aliphatic imine (C=N–C) groups is 1. The number of rotatable bonds is 4. The average Bonchev–Trinajstić information content (AvgIpc) is 2.18. The van der Waals surface area contributed by atoms with E-state index in [1.165, 1.54) is 0 Å². The molecule has 0 fully saturated rings. The van der Waals surface area contributed by atoms with Crippen LogP contribution in [-0.2, 0) is 17.8 Å². The zero-order valence-electron chi connectivity index (χ0n) is 9.32. The first-order valence-corrected chi connectivity index (χ1v) is 4.87. The number of carbonyl (C=O) groups excluding carboxylic acids is 1. The zero-order chi connectivity index (χ0) is 11.3. The molecule has 0 atom stereocenters. The Morgan fingerprint density at radius 3 is 2.80 bits per heavy atom. The number of aryl methyl sites for hydroxylation is 1. The second kappa shape index (κ2) is 5.39. The van der Waals surface area contributed by atoms with E-state index in [1.807, 2.05) is 38.2 Å². The van der Waals surface area contributed by atoms with Gasteiger partial charge in [-0.15, -0.1) is 0 Å². The van der Waals surface area contributed by atoms with Crippen molar-refractivity contribution in [2.45, 2.75) is 19.9 Å². The summed E-state index contributed by atoms with van der Waals surface area (Å²) in [4.78, 5) is 20.2. The average molecular weight is 205 g/mol. The SMILES string of the molecule is CCc1ncc(CN(C)C)cc1N=C=O. The Bertz CT molecular complexity index is 381. The Morgan fingerprint density at radius 2 is 2.27 bits per heavy atom. The van der Waals surface area contributed by atoms with Crippen molar-refractivity contribution in [1.82, 2.24) is 9.88 Å². The second-order valence-corrected chi connectivity index (χ2v) is 3.60. The third-order valence-electron chi connectivity index (χ3n) is 2.00. The molecule has 0 bridgehead atoms. The molecule has 0 saturated carbocycles. The molecule has 0 N–H and O–H groups in total. The predicted octanol–water partition coefficient (Wildman–Crippen LogP) is 1.67. The Kier molecular flexibility index (Phi) is 4.16. The van der Waals surface area contributed by atoms with Crippen molar-refractivity contribution in [2.75, 3.05) is 14.1 Å². The number of nitrogens with zero attached hydrogens (tertiary/aromatic N) is 3. The molecule has 0 radical (unpaired) electrons. The fourth-order valence-corrected chi connectivity index (χ4v) is 1.39. The van der Waals surface area contributed by atoms with Gasteiger partial charge in [-0.2, -0.15) is 4.99 Å². The van der Waals surface area contributed by atoms with Crippen LogP contribution >= 0.6 is 0 Å². The molecule has 0 aromatic carbocycles. The van der Waals surface area contributed by atoms with Gasteiger partial charge in [0.1, 0.15) is 0 Å². The molecule has 0 aliphatic heterocycles. The smallest absolute Gasteiger partial charge is 0.240 e. The van der Waals surface area contributed by atoms with Gasteiger partial charge in [0.15, 0.2) is 0 Å². The highest BCUT2D eigenvalue weighted by molar-refractivity contribution is 5.52. The van der Waals surface area contributed by atoms with E-state index in [-0.39, 0.29) is 0 Å². The summed E-state index contributed by atoms with van der Waals surface area (Å²) < 4.78 is 0. The van der Waals surface area contributed by atoms with Crippen molar-refractivity contribution < 1.29 is 4.79 Å². The van der Waals surface area contributed by atoms with Crippen LogP contribution in [0, 0.1) is 0 Å². The maximum Gasteiger partial charge on any atom is 0.240 e. The predicted molar refractivity (Wildman–Crippen MR) is 58.8 cm³/mol. The van der Waals surface area contributed by atoms with E-state index in [9.17, 15) is 4.79 Å².